The zero-order chi connectivity index (χ0) is 32.7. The van der Waals surface area contributed by atoms with Gasteiger partial charge in [-0.15, -0.1) is 0 Å². The lowest BCUT2D eigenvalue weighted by molar-refractivity contribution is -0.904. The molecule has 1 aromatic heterocycles. The van der Waals surface area contributed by atoms with Gasteiger partial charge in [-0.05, 0) is 93.0 Å². The van der Waals surface area contributed by atoms with Crippen molar-refractivity contribution >= 4 is 47.7 Å². The van der Waals surface area contributed by atoms with Crippen LogP contribution in [-0.4, -0.2) is 31.4 Å². The number of hydrogen-bond acceptors (Lipinski definition) is 5. The second kappa shape index (κ2) is 17.4. The van der Waals surface area contributed by atoms with Crippen LogP contribution in [0.25, 0.3) is 5.57 Å². The molecular formula is C36H39BrN3O4+. The van der Waals surface area contributed by atoms with Gasteiger partial charge in [0, 0.05) is 39.0 Å². The summed E-state index contributed by atoms with van der Waals surface area (Å²) in [5.41, 5.74) is 7.00. The summed E-state index contributed by atoms with van der Waals surface area (Å²) in [6.07, 6.45) is 23.0. The molecule has 44 heavy (non-hydrogen) atoms. The molecule has 0 aliphatic heterocycles. The molecule has 7 nitrogen and oxygen atoms in total. The molecular weight excluding hydrogens is 618 g/mol. The molecule has 1 amide bonds. The Morgan fingerprint density at radius 2 is 1.84 bits per heavy atom. The van der Waals surface area contributed by atoms with Gasteiger partial charge in [-0.3, -0.25) is 15.0 Å². The summed E-state index contributed by atoms with van der Waals surface area (Å²) in [6.45, 7) is 14.1. The molecule has 0 radical (unpaired) electrons. The van der Waals surface area contributed by atoms with E-state index in [0.717, 1.165) is 33.2 Å². The third kappa shape index (κ3) is 10.5. The van der Waals surface area contributed by atoms with E-state index in [1.807, 2.05) is 62.1 Å². The highest BCUT2D eigenvalue weighted by Gasteiger charge is 2.21. The van der Waals surface area contributed by atoms with E-state index >= 15 is 0 Å². The van der Waals surface area contributed by atoms with Crippen molar-refractivity contribution in [1.82, 2.24) is 5.32 Å². The molecule has 0 bridgehead atoms. The highest BCUT2D eigenvalue weighted by molar-refractivity contribution is 9.12. The number of halogens is 1. The first-order valence-corrected chi connectivity index (χ1v) is 14.6. The van der Waals surface area contributed by atoms with E-state index in [1.54, 1.807) is 18.6 Å². The molecule has 8 heteroatoms. The van der Waals surface area contributed by atoms with Gasteiger partial charge in [0.15, 0.2) is 0 Å². The van der Waals surface area contributed by atoms with Crippen LogP contribution in [0.2, 0.25) is 0 Å². The third-order valence-corrected chi connectivity index (χ3v) is 7.46. The molecule has 0 saturated carbocycles. The summed E-state index contributed by atoms with van der Waals surface area (Å²) in [5, 5.41) is 12.5. The van der Waals surface area contributed by atoms with Crippen molar-refractivity contribution in [3.63, 3.8) is 0 Å². The summed E-state index contributed by atoms with van der Waals surface area (Å²) in [5.74, 6) is -0.0276. The topological polar surface area (TPSA) is 99.7 Å². The average molecular weight is 658 g/mol. The highest BCUT2D eigenvalue weighted by atomic mass is 79.9. The van der Waals surface area contributed by atoms with E-state index in [0.29, 0.717) is 11.3 Å². The number of carbonyl (C=O) groups is 3. The Hall–Kier alpha value is -4.69. The first kappa shape index (κ1) is 35.5. The second-order valence-corrected chi connectivity index (χ2v) is 11.8. The van der Waals surface area contributed by atoms with E-state index in [1.165, 1.54) is 16.7 Å². The summed E-state index contributed by atoms with van der Waals surface area (Å²) in [6, 6.07) is 11.6. The Balaban J connectivity index is 0.00000162. The normalized spacial score (nSPS) is 17.0. The lowest BCUT2D eigenvalue weighted by atomic mass is 9.79. The first-order valence-electron chi connectivity index (χ1n) is 13.8. The number of allylic oxidation sites excluding steroid dienone is 12. The van der Waals surface area contributed by atoms with E-state index in [2.05, 4.69) is 90.2 Å². The van der Waals surface area contributed by atoms with Gasteiger partial charge in [0.1, 0.15) is 13.6 Å². The summed E-state index contributed by atoms with van der Waals surface area (Å²) >= 11 is 3.66. The Labute approximate surface area is 268 Å². The van der Waals surface area contributed by atoms with Gasteiger partial charge in [-0.25, -0.2) is 0 Å². The minimum Gasteiger partial charge on any atom is -0.321 e. The molecule has 4 rings (SSSR count). The van der Waals surface area contributed by atoms with Crippen molar-refractivity contribution < 1.29 is 24.3 Å². The fourth-order valence-corrected chi connectivity index (χ4v) is 5.12. The molecule has 0 fully saturated rings. The van der Waals surface area contributed by atoms with Crippen LogP contribution in [-0.2, 0) is 16.0 Å². The predicted molar refractivity (Wildman–Crippen MR) is 180 cm³/mol. The molecule has 228 valence electrons. The highest BCUT2D eigenvalue weighted by Crippen LogP contribution is 2.37. The standard InChI is InChI=1S/C34H34BrN3O2.2CH2O/c1-34(2,3)30-20-26(9-7-15-36-4)19-29(23-30)27-10-6-11-28(22-27)33(39)37-32-12-5-8-25(21-31(32)35)18-24-13-16-38(40)17-14-24;2*1-2/h5-17,20-23,25H,4,18-19H2,1-3H3,(H-,37,39,40);2*1H2/p+1/b15-7-,26-9+;;. The zero-order valence-electron chi connectivity index (χ0n) is 25.4. The van der Waals surface area contributed by atoms with Crippen molar-refractivity contribution in [3.05, 3.63) is 142 Å². The first-order chi connectivity index (χ1) is 21.1. The van der Waals surface area contributed by atoms with Crippen LogP contribution in [0.5, 0.6) is 0 Å². The molecule has 2 aliphatic rings. The molecule has 2 N–H and O–H groups in total. The van der Waals surface area contributed by atoms with E-state index in [4.69, 9.17) is 9.59 Å². The number of hydrogen-bond donors (Lipinski definition) is 2. The van der Waals surface area contributed by atoms with E-state index < -0.39 is 0 Å². The smallest absolute Gasteiger partial charge is 0.255 e. The summed E-state index contributed by atoms with van der Waals surface area (Å²) in [7, 11) is 0. The van der Waals surface area contributed by atoms with Crippen molar-refractivity contribution in [3.8, 4) is 0 Å². The second-order valence-electron chi connectivity index (χ2n) is 10.9. The SMILES string of the molecule is C=N/C=C\C=C1\C=C(C(C)(C)C)C=C(c2cccc(C(=O)NC3=CC=CC(Cc4cc[n+](O)cc4)C=C3Br)c2)C1.C=O.C=O. The van der Waals surface area contributed by atoms with Crippen LogP contribution in [0, 0.1) is 11.3 Å². The molecule has 2 aliphatic carbocycles. The van der Waals surface area contributed by atoms with Crippen LogP contribution in [0.15, 0.2) is 130 Å². The van der Waals surface area contributed by atoms with Gasteiger partial charge >= 0.3 is 0 Å². The van der Waals surface area contributed by atoms with Crippen molar-refractivity contribution in [2.75, 3.05) is 0 Å². The minimum atomic E-state index is -0.167. The number of nitrogens with zero attached hydrogens (tertiary/aromatic N) is 2. The van der Waals surface area contributed by atoms with Crippen LogP contribution >= 0.6 is 15.9 Å². The van der Waals surface area contributed by atoms with Gasteiger partial charge in [0.05, 0.1) is 5.70 Å². The Morgan fingerprint density at radius 1 is 1.14 bits per heavy atom. The zero-order valence-corrected chi connectivity index (χ0v) is 27.0. The van der Waals surface area contributed by atoms with Gasteiger partial charge in [0.2, 0.25) is 12.4 Å². The monoisotopic (exact) mass is 656 g/mol. The molecule has 0 spiro atoms. The van der Waals surface area contributed by atoms with Gasteiger partial charge in [0.25, 0.3) is 5.91 Å². The molecule has 1 unspecified atom stereocenters. The molecule has 1 aromatic carbocycles. The van der Waals surface area contributed by atoms with Crippen molar-refractivity contribution in [1.29, 1.82) is 0 Å². The fraction of sp³-hybridized carbons (Fsp3) is 0.194. The molecule has 1 atom stereocenters. The maximum Gasteiger partial charge on any atom is 0.255 e. The number of pyridine rings is 1. The third-order valence-electron chi connectivity index (χ3n) is 6.77. The number of carbonyl (C=O) groups excluding carboxylic acids is 3. The van der Waals surface area contributed by atoms with Crippen LogP contribution in [0.3, 0.4) is 0 Å². The van der Waals surface area contributed by atoms with Crippen LogP contribution in [0.4, 0.5) is 0 Å². The van der Waals surface area contributed by atoms with E-state index in [-0.39, 0.29) is 17.2 Å². The maximum absolute atomic E-state index is 13.4. The average Bonchev–Trinajstić information content (AvgIpc) is 3.20. The lowest BCUT2D eigenvalue weighted by Crippen LogP contribution is -2.28. The van der Waals surface area contributed by atoms with E-state index in [9.17, 15) is 10.0 Å². The minimum absolute atomic E-state index is 0.0165. The quantitative estimate of drug-likeness (QED) is 0.189. The summed E-state index contributed by atoms with van der Waals surface area (Å²) in [4.78, 5) is 33.2. The number of rotatable bonds is 7. The lowest BCUT2D eigenvalue weighted by Gasteiger charge is -2.26. The molecule has 1 heterocycles. The van der Waals surface area contributed by atoms with Gasteiger partial charge < -0.3 is 14.9 Å². The van der Waals surface area contributed by atoms with Gasteiger partial charge in [-0.2, -0.15) is 0 Å². The fourth-order valence-electron chi connectivity index (χ4n) is 4.55. The largest absolute Gasteiger partial charge is 0.321 e. The number of nitrogens with one attached hydrogen (secondary N) is 1. The predicted octanol–water partition coefficient (Wildman–Crippen LogP) is 7.06. The van der Waals surface area contributed by atoms with Crippen molar-refractivity contribution in [2.24, 2.45) is 16.3 Å². The molecule has 2 aromatic rings. The Kier molecular flexibility index (Phi) is 14.1. The number of amides is 1. The Morgan fingerprint density at radius 3 is 2.50 bits per heavy atom. The summed E-state index contributed by atoms with van der Waals surface area (Å²) < 4.78 is 1.86. The number of aromatic nitrogens is 1. The number of aliphatic imine (C=N–C) groups is 1. The van der Waals surface area contributed by atoms with Crippen LogP contribution in [0.1, 0.15) is 48.7 Å². The van der Waals surface area contributed by atoms with Crippen LogP contribution < -0.4 is 10.0 Å². The maximum atomic E-state index is 13.4. The van der Waals surface area contributed by atoms with Crippen molar-refractivity contribution in [2.45, 2.75) is 33.6 Å². The molecule has 0 saturated heterocycles. The Bertz CT molecular complexity index is 1540. The van der Waals surface area contributed by atoms with Gasteiger partial charge in [-0.1, -0.05) is 69.4 Å². The number of benzene rings is 1.